The molecule has 0 unspecified atom stereocenters. The normalized spacial score (nSPS) is 17.7. The Bertz CT molecular complexity index is 422. The van der Waals surface area contributed by atoms with Gasteiger partial charge in [0.25, 0.3) is 0 Å². The van der Waals surface area contributed by atoms with Crippen LogP contribution in [0.5, 0.6) is 0 Å². The van der Waals surface area contributed by atoms with Gasteiger partial charge >= 0.3 is 7.12 Å². The molecule has 0 aliphatic carbocycles. The van der Waals surface area contributed by atoms with E-state index in [9.17, 15) is 4.39 Å². The summed E-state index contributed by atoms with van der Waals surface area (Å²) in [6.45, 7) is 2.33. The number of halogens is 1. The molecular formula is C13H19BFNO3. The predicted octanol–water partition coefficient (Wildman–Crippen LogP) is 0.116. The van der Waals surface area contributed by atoms with Gasteiger partial charge in [-0.2, -0.15) is 0 Å². The molecule has 1 fully saturated rings. The van der Waals surface area contributed by atoms with Crippen molar-refractivity contribution >= 4 is 12.6 Å². The van der Waals surface area contributed by atoms with Gasteiger partial charge in [-0.05, 0) is 24.4 Å². The van der Waals surface area contributed by atoms with Gasteiger partial charge in [0.05, 0.1) is 6.10 Å². The first-order valence-corrected chi connectivity index (χ1v) is 6.49. The molecule has 2 N–H and O–H groups in total. The molecule has 0 bridgehead atoms. The van der Waals surface area contributed by atoms with E-state index in [-0.39, 0.29) is 11.3 Å². The second-order valence-corrected chi connectivity index (χ2v) is 4.94. The number of nitrogens with zero attached hydrogens (tertiary/aromatic N) is 1. The fraction of sp³-hybridized carbons (Fsp3) is 0.538. The maximum atomic E-state index is 13.8. The number of benzene rings is 1. The molecule has 0 spiro atoms. The Hall–Kier alpha value is -0.945. The van der Waals surface area contributed by atoms with E-state index in [1.54, 1.807) is 19.2 Å². The van der Waals surface area contributed by atoms with Crippen molar-refractivity contribution in [2.75, 3.05) is 20.2 Å². The van der Waals surface area contributed by atoms with E-state index >= 15 is 0 Å². The minimum absolute atomic E-state index is 0.180. The van der Waals surface area contributed by atoms with Crippen LogP contribution in [0.3, 0.4) is 0 Å². The van der Waals surface area contributed by atoms with Crippen molar-refractivity contribution in [2.45, 2.75) is 25.5 Å². The standard InChI is InChI=1S/C13H19BFNO3/c1-19-12-4-6-16(7-5-12)9-10-2-3-11(14(17)18)8-13(10)15/h2-3,8,12,17-18H,4-7,9H2,1H3. The first-order chi connectivity index (χ1) is 9.10. The summed E-state index contributed by atoms with van der Waals surface area (Å²) in [7, 11) is 0.0971. The Labute approximate surface area is 113 Å². The minimum Gasteiger partial charge on any atom is -0.423 e. The lowest BCUT2D eigenvalue weighted by molar-refractivity contribution is 0.0386. The monoisotopic (exact) mass is 267 g/mol. The van der Waals surface area contributed by atoms with E-state index in [0.29, 0.717) is 18.2 Å². The zero-order valence-electron chi connectivity index (χ0n) is 11.1. The van der Waals surface area contributed by atoms with E-state index < -0.39 is 7.12 Å². The molecule has 4 nitrogen and oxygen atoms in total. The van der Waals surface area contributed by atoms with Crippen molar-refractivity contribution in [3.05, 3.63) is 29.6 Å². The SMILES string of the molecule is COC1CCN(Cc2ccc(B(O)O)cc2F)CC1. The Morgan fingerprint density at radius 1 is 1.37 bits per heavy atom. The van der Waals surface area contributed by atoms with Crippen molar-refractivity contribution < 1.29 is 19.2 Å². The van der Waals surface area contributed by atoms with Crippen molar-refractivity contribution in [1.29, 1.82) is 0 Å². The molecule has 0 aromatic heterocycles. The van der Waals surface area contributed by atoms with Gasteiger partial charge in [-0.25, -0.2) is 4.39 Å². The summed E-state index contributed by atoms with van der Waals surface area (Å²) in [6, 6.07) is 4.35. The molecule has 1 aliphatic heterocycles. The summed E-state index contributed by atoms with van der Waals surface area (Å²) in [5, 5.41) is 18.0. The van der Waals surface area contributed by atoms with Crippen LogP contribution < -0.4 is 5.46 Å². The summed E-state index contributed by atoms with van der Waals surface area (Å²) in [5.41, 5.74) is 0.764. The first-order valence-electron chi connectivity index (χ1n) is 6.49. The van der Waals surface area contributed by atoms with Crippen molar-refractivity contribution in [2.24, 2.45) is 0 Å². The first kappa shape index (κ1) is 14.5. The summed E-state index contributed by atoms with van der Waals surface area (Å²) in [5.74, 6) is -0.389. The highest BCUT2D eigenvalue weighted by molar-refractivity contribution is 6.58. The Balaban J connectivity index is 1.96. The quantitative estimate of drug-likeness (QED) is 0.761. The Morgan fingerprint density at radius 2 is 2.05 bits per heavy atom. The third-order valence-corrected chi connectivity index (χ3v) is 3.64. The summed E-state index contributed by atoms with van der Waals surface area (Å²) >= 11 is 0. The van der Waals surface area contributed by atoms with Crippen LogP contribution in [-0.2, 0) is 11.3 Å². The van der Waals surface area contributed by atoms with Crippen LogP contribution in [0.25, 0.3) is 0 Å². The average molecular weight is 267 g/mol. The van der Waals surface area contributed by atoms with E-state index in [4.69, 9.17) is 14.8 Å². The van der Waals surface area contributed by atoms with Crippen LogP contribution in [0.15, 0.2) is 18.2 Å². The van der Waals surface area contributed by atoms with E-state index in [1.807, 2.05) is 0 Å². The van der Waals surface area contributed by atoms with Crippen LogP contribution >= 0.6 is 0 Å². The molecule has 1 aromatic carbocycles. The predicted molar refractivity (Wildman–Crippen MR) is 71.5 cm³/mol. The highest BCUT2D eigenvalue weighted by atomic mass is 19.1. The van der Waals surface area contributed by atoms with Crippen molar-refractivity contribution in [3.8, 4) is 0 Å². The van der Waals surface area contributed by atoms with Gasteiger partial charge < -0.3 is 14.8 Å². The number of hydrogen-bond acceptors (Lipinski definition) is 4. The van der Waals surface area contributed by atoms with Gasteiger partial charge in [0.2, 0.25) is 0 Å². The van der Waals surface area contributed by atoms with Gasteiger partial charge in [0, 0.05) is 32.3 Å². The molecule has 2 rings (SSSR count). The van der Waals surface area contributed by atoms with Crippen molar-refractivity contribution in [3.63, 3.8) is 0 Å². The third kappa shape index (κ3) is 3.76. The number of rotatable bonds is 4. The maximum Gasteiger partial charge on any atom is 0.488 e. The molecule has 0 saturated carbocycles. The van der Waals surface area contributed by atoms with Gasteiger partial charge in [0.15, 0.2) is 0 Å². The fourth-order valence-electron chi connectivity index (χ4n) is 2.40. The van der Waals surface area contributed by atoms with Crippen LogP contribution in [0.4, 0.5) is 4.39 Å². The average Bonchev–Trinajstić information content (AvgIpc) is 2.41. The van der Waals surface area contributed by atoms with E-state index in [2.05, 4.69) is 4.90 Å². The summed E-state index contributed by atoms with van der Waals surface area (Å²) in [4.78, 5) is 2.18. The molecular weight excluding hydrogens is 248 g/mol. The summed E-state index contributed by atoms with van der Waals surface area (Å²) in [6.07, 6.45) is 2.24. The van der Waals surface area contributed by atoms with E-state index in [0.717, 1.165) is 25.9 Å². The molecule has 1 heterocycles. The molecule has 6 heteroatoms. The van der Waals surface area contributed by atoms with Gasteiger partial charge in [-0.3, -0.25) is 4.90 Å². The second-order valence-electron chi connectivity index (χ2n) is 4.94. The van der Waals surface area contributed by atoms with Crippen molar-refractivity contribution in [1.82, 2.24) is 4.90 Å². The smallest absolute Gasteiger partial charge is 0.423 e. The number of ether oxygens (including phenoxy) is 1. The lowest BCUT2D eigenvalue weighted by Crippen LogP contribution is -2.36. The second kappa shape index (κ2) is 6.48. The topological polar surface area (TPSA) is 52.9 Å². The largest absolute Gasteiger partial charge is 0.488 e. The van der Waals surface area contributed by atoms with Crippen LogP contribution in [0.2, 0.25) is 0 Å². The molecule has 1 saturated heterocycles. The van der Waals surface area contributed by atoms with E-state index in [1.165, 1.54) is 6.07 Å². The number of likely N-dealkylation sites (tertiary alicyclic amines) is 1. The lowest BCUT2D eigenvalue weighted by Gasteiger charge is -2.31. The molecule has 0 radical (unpaired) electrons. The minimum atomic E-state index is -1.62. The molecule has 19 heavy (non-hydrogen) atoms. The zero-order valence-corrected chi connectivity index (χ0v) is 11.1. The third-order valence-electron chi connectivity index (χ3n) is 3.64. The molecule has 1 aromatic rings. The maximum absolute atomic E-state index is 13.8. The van der Waals surface area contributed by atoms with Crippen LogP contribution in [0, 0.1) is 5.82 Å². The van der Waals surface area contributed by atoms with Crippen LogP contribution in [0.1, 0.15) is 18.4 Å². The van der Waals surface area contributed by atoms with Gasteiger partial charge in [-0.1, -0.05) is 12.1 Å². The number of hydrogen-bond donors (Lipinski definition) is 2. The lowest BCUT2D eigenvalue weighted by atomic mass is 9.80. The molecule has 0 amide bonds. The molecule has 0 atom stereocenters. The zero-order chi connectivity index (χ0) is 13.8. The highest BCUT2D eigenvalue weighted by Crippen LogP contribution is 2.16. The Morgan fingerprint density at radius 3 is 2.58 bits per heavy atom. The number of methoxy groups -OCH3 is 1. The van der Waals surface area contributed by atoms with Gasteiger partial charge in [0.1, 0.15) is 5.82 Å². The summed E-state index contributed by atoms with van der Waals surface area (Å²) < 4.78 is 19.1. The highest BCUT2D eigenvalue weighted by Gasteiger charge is 2.20. The fourth-order valence-corrected chi connectivity index (χ4v) is 2.40. The van der Waals surface area contributed by atoms with Crippen LogP contribution in [-0.4, -0.2) is 48.4 Å². The van der Waals surface area contributed by atoms with Gasteiger partial charge in [-0.15, -0.1) is 0 Å². The molecule has 104 valence electrons. The Kier molecular flexibility index (Phi) is 4.93. The molecule has 1 aliphatic rings. The number of piperidine rings is 1.